The van der Waals surface area contributed by atoms with E-state index in [1.165, 1.54) is 0 Å². The van der Waals surface area contributed by atoms with Crippen LogP contribution in [0.2, 0.25) is 0 Å². The number of nitrogens with zero attached hydrogens (tertiary/aromatic N) is 1. The molecule has 4 heteroatoms. The first-order valence-electron chi connectivity index (χ1n) is 5.04. The van der Waals surface area contributed by atoms with Gasteiger partial charge in [-0.1, -0.05) is 13.0 Å². The van der Waals surface area contributed by atoms with Crippen LogP contribution in [0.15, 0.2) is 16.6 Å². The molecular formula is C12H12BrNO2. The molecule has 0 radical (unpaired) electrons. The molecule has 1 aromatic rings. The molecule has 0 unspecified atom stereocenters. The maximum atomic E-state index is 11.7. The molecule has 84 valence electrons. The van der Waals surface area contributed by atoms with E-state index in [0.29, 0.717) is 28.6 Å². The van der Waals surface area contributed by atoms with E-state index in [1.54, 1.807) is 13.0 Å². The van der Waals surface area contributed by atoms with Crippen molar-refractivity contribution in [3.8, 4) is 6.07 Å². The van der Waals surface area contributed by atoms with E-state index in [0.717, 1.165) is 5.56 Å². The van der Waals surface area contributed by atoms with Crippen LogP contribution in [0.1, 0.15) is 35.3 Å². The number of carbonyl (C=O) groups is 1. The van der Waals surface area contributed by atoms with Crippen molar-refractivity contribution in [2.45, 2.75) is 20.3 Å². The fraction of sp³-hybridized carbons (Fsp3) is 0.333. The Morgan fingerprint density at radius 1 is 1.50 bits per heavy atom. The zero-order valence-electron chi connectivity index (χ0n) is 9.21. The van der Waals surface area contributed by atoms with E-state index in [9.17, 15) is 4.79 Å². The number of halogens is 1. The number of aryl methyl sites for hydroxylation is 1. The minimum Gasteiger partial charge on any atom is -0.462 e. The summed E-state index contributed by atoms with van der Waals surface area (Å²) in [6.45, 7) is 3.98. The lowest BCUT2D eigenvalue weighted by atomic mass is 10.0. The van der Waals surface area contributed by atoms with E-state index in [1.807, 2.05) is 13.0 Å². The molecule has 0 saturated heterocycles. The molecule has 16 heavy (non-hydrogen) atoms. The molecule has 3 nitrogen and oxygen atoms in total. The summed E-state index contributed by atoms with van der Waals surface area (Å²) < 4.78 is 5.53. The van der Waals surface area contributed by atoms with Gasteiger partial charge in [-0.2, -0.15) is 5.26 Å². The highest BCUT2D eigenvalue weighted by Gasteiger charge is 2.18. The Balaban J connectivity index is 3.35. The second kappa shape index (κ2) is 5.66. The Hall–Kier alpha value is -1.34. The molecule has 0 aliphatic rings. The Labute approximate surface area is 103 Å². The molecule has 1 aromatic carbocycles. The minimum absolute atomic E-state index is 0.298. The number of rotatable bonds is 3. The smallest absolute Gasteiger partial charge is 0.340 e. The van der Waals surface area contributed by atoms with Crippen molar-refractivity contribution in [1.82, 2.24) is 0 Å². The number of ether oxygens (including phenoxy) is 1. The summed E-state index contributed by atoms with van der Waals surface area (Å²) in [5.41, 5.74) is 1.58. The van der Waals surface area contributed by atoms with E-state index >= 15 is 0 Å². The maximum Gasteiger partial charge on any atom is 0.340 e. The van der Waals surface area contributed by atoms with Gasteiger partial charge in [0.25, 0.3) is 0 Å². The van der Waals surface area contributed by atoms with Crippen LogP contribution in [-0.2, 0) is 11.2 Å². The van der Waals surface area contributed by atoms with Gasteiger partial charge in [0.2, 0.25) is 0 Å². The Morgan fingerprint density at radius 2 is 2.19 bits per heavy atom. The first kappa shape index (κ1) is 12.7. The van der Waals surface area contributed by atoms with Gasteiger partial charge in [0, 0.05) is 4.47 Å². The van der Waals surface area contributed by atoms with Crippen LogP contribution in [0.25, 0.3) is 0 Å². The average Bonchev–Trinajstić information content (AvgIpc) is 2.28. The van der Waals surface area contributed by atoms with Crippen LogP contribution in [0.5, 0.6) is 0 Å². The van der Waals surface area contributed by atoms with Gasteiger partial charge in [0.15, 0.2) is 0 Å². The molecule has 0 aliphatic heterocycles. The molecule has 0 N–H and O–H groups in total. The second-order valence-corrected chi connectivity index (χ2v) is 4.00. The molecule has 0 aliphatic carbocycles. The number of benzene rings is 1. The zero-order chi connectivity index (χ0) is 12.1. The average molecular weight is 282 g/mol. The van der Waals surface area contributed by atoms with Crippen LogP contribution >= 0.6 is 15.9 Å². The van der Waals surface area contributed by atoms with Crippen LogP contribution in [-0.4, -0.2) is 12.6 Å². The van der Waals surface area contributed by atoms with Crippen molar-refractivity contribution in [1.29, 1.82) is 5.26 Å². The maximum absolute atomic E-state index is 11.7. The summed E-state index contributed by atoms with van der Waals surface area (Å²) in [6.07, 6.45) is 0.711. The highest BCUT2D eigenvalue weighted by atomic mass is 79.9. The highest BCUT2D eigenvalue weighted by Crippen LogP contribution is 2.24. The molecule has 0 fully saturated rings. The first-order valence-corrected chi connectivity index (χ1v) is 5.83. The van der Waals surface area contributed by atoms with Crippen LogP contribution in [0, 0.1) is 11.3 Å². The Kier molecular flexibility index (Phi) is 4.51. The van der Waals surface area contributed by atoms with Crippen molar-refractivity contribution in [3.05, 3.63) is 33.3 Å². The van der Waals surface area contributed by atoms with Gasteiger partial charge in [-0.25, -0.2) is 4.79 Å². The van der Waals surface area contributed by atoms with E-state index < -0.39 is 5.97 Å². The highest BCUT2D eigenvalue weighted by molar-refractivity contribution is 9.10. The fourth-order valence-corrected chi connectivity index (χ4v) is 1.94. The Bertz CT molecular complexity index is 449. The lowest BCUT2D eigenvalue weighted by Crippen LogP contribution is -2.09. The van der Waals surface area contributed by atoms with Gasteiger partial charge < -0.3 is 4.74 Å². The molecule has 0 aromatic heterocycles. The van der Waals surface area contributed by atoms with Crippen molar-refractivity contribution in [2.75, 3.05) is 6.61 Å². The normalized spacial score (nSPS) is 9.62. The zero-order valence-corrected chi connectivity index (χ0v) is 10.8. The molecule has 0 heterocycles. The first-order chi connectivity index (χ1) is 7.65. The third-order valence-corrected chi connectivity index (χ3v) is 2.87. The summed E-state index contributed by atoms with van der Waals surface area (Å²) in [7, 11) is 0. The third kappa shape index (κ3) is 2.42. The van der Waals surface area contributed by atoms with Gasteiger partial charge in [-0.3, -0.25) is 0 Å². The number of hydrogen-bond donors (Lipinski definition) is 0. The summed E-state index contributed by atoms with van der Waals surface area (Å²) >= 11 is 3.27. The molecule has 1 rings (SSSR count). The van der Waals surface area contributed by atoms with Gasteiger partial charge in [0.1, 0.15) is 6.07 Å². The van der Waals surface area contributed by atoms with Gasteiger partial charge >= 0.3 is 5.97 Å². The van der Waals surface area contributed by atoms with Crippen molar-refractivity contribution in [2.24, 2.45) is 0 Å². The predicted molar refractivity (Wildman–Crippen MR) is 64.2 cm³/mol. The largest absolute Gasteiger partial charge is 0.462 e. The lowest BCUT2D eigenvalue weighted by molar-refractivity contribution is 0.0525. The van der Waals surface area contributed by atoms with Gasteiger partial charge in [-0.15, -0.1) is 0 Å². The second-order valence-electron chi connectivity index (χ2n) is 3.14. The van der Waals surface area contributed by atoms with Crippen molar-refractivity contribution in [3.63, 3.8) is 0 Å². The third-order valence-electron chi connectivity index (χ3n) is 2.21. The Morgan fingerprint density at radius 3 is 2.69 bits per heavy atom. The predicted octanol–water partition coefficient (Wildman–Crippen LogP) is 3.06. The summed E-state index contributed by atoms with van der Waals surface area (Å²) in [5.74, 6) is -0.457. The molecular weight excluding hydrogens is 270 g/mol. The SMILES string of the molecule is CCOC(=O)c1c(Br)ccc(CC)c1C#N. The monoisotopic (exact) mass is 281 g/mol. The van der Waals surface area contributed by atoms with Crippen LogP contribution in [0.3, 0.4) is 0 Å². The quantitative estimate of drug-likeness (QED) is 0.800. The molecule has 0 saturated carbocycles. The van der Waals surface area contributed by atoms with Gasteiger partial charge in [-0.05, 0) is 40.9 Å². The summed E-state index contributed by atoms with van der Waals surface area (Å²) in [6, 6.07) is 5.67. The molecule has 0 amide bonds. The minimum atomic E-state index is -0.457. The van der Waals surface area contributed by atoms with E-state index in [-0.39, 0.29) is 0 Å². The topological polar surface area (TPSA) is 50.1 Å². The number of hydrogen-bond acceptors (Lipinski definition) is 3. The van der Waals surface area contributed by atoms with Crippen molar-refractivity contribution < 1.29 is 9.53 Å². The summed E-state index contributed by atoms with van der Waals surface area (Å²) in [4.78, 5) is 11.7. The fourth-order valence-electron chi connectivity index (χ4n) is 1.45. The van der Waals surface area contributed by atoms with Crippen molar-refractivity contribution >= 4 is 21.9 Å². The van der Waals surface area contributed by atoms with Gasteiger partial charge in [0.05, 0.1) is 17.7 Å². The number of esters is 1. The van der Waals surface area contributed by atoms with Crippen LogP contribution < -0.4 is 0 Å². The summed E-state index contributed by atoms with van der Waals surface area (Å²) in [5, 5.41) is 9.09. The number of nitriles is 1. The molecule has 0 bridgehead atoms. The molecule has 0 atom stereocenters. The number of carbonyl (C=O) groups excluding carboxylic acids is 1. The molecule has 0 spiro atoms. The van der Waals surface area contributed by atoms with E-state index in [4.69, 9.17) is 10.00 Å². The lowest BCUT2D eigenvalue weighted by Gasteiger charge is -2.09. The van der Waals surface area contributed by atoms with Crippen LogP contribution in [0.4, 0.5) is 0 Å². The van der Waals surface area contributed by atoms with E-state index in [2.05, 4.69) is 22.0 Å². The standard InChI is InChI=1S/C12H12BrNO2/c1-3-8-5-6-10(13)11(9(8)7-14)12(15)16-4-2/h5-6H,3-4H2,1-2H3.